The van der Waals surface area contributed by atoms with Gasteiger partial charge in [0, 0.05) is 25.2 Å². The Morgan fingerprint density at radius 3 is 2.21 bits per heavy atom. The van der Waals surface area contributed by atoms with Gasteiger partial charge in [-0.25, -0.2) is 4.79 Å². The van der Waals surface area contributed by atoms with Crippen molar-refractivity contribution in [2.24, 2.45) is 0 Å². The predicted octanol–water partition coefficient (Wildman–Crippen LogP) is 5.69. The Balaban J connectivity index is 0.000000406. The molecule has 7 nitrogen and oxygen atoms in total. The summed E-state index contributed by atoms with van der Waals surface area (Å²) < 4.78 is 37.6. The highest BCUT2D eigenvalue weighted by Crippen LogP contribution is 2.36. The lowest BCUT2D eigenvalue weighted by Crippen LogP contribution is -2.48. The number of furan rings is 1. The molecular weight excluding hydrogens is 543 g/mol. The van der Waals surface area contributed by atoms with Crippen molar-refractivity contribution in [2.45, 2.75) is 50.4 Å². The van der Waals surface area contributed by atoms with Crippen molar-refractivity contribution in [1.82, 2.24) is 5.32 Å². The SMILES string of the molecule is O=C(Nc1cccc(Cl)c1N1CCC(NC2CCC2)CC1)c1ccc(Br)o1.O=C(O)C(F)(F)F. The standard InChI is InChI=1S/C20H23BrClN3O2.C2HF3O2/c21-18-8-7-17(27-18)20(26)24-16-6-2-5-15(22)19(16)25-11-9-14(10-12-25)23-13-3-1-4-13;3-2(4,5)1(6)7/h2,5-8,13-14,23H,1,3-4,9-12H2,(H,24,26);(H,6,7). The number of rotatable bonds is 5. The first-order valence-electron chi connectivity index (χ1n) is 10.7. The number of benzene rings is 1. The fourth-order valence-electron chi connectivity index (χ4n) is 3.74. The predicted molar refractivity (Wildman–Crippen MR) is 126 cm³/mol. The maximum Gasteiger partial charge on any atom is 0.490 e. The molecule has 2 heterocycles. The van der Waals surface area contributed by atoms with Crippen LogP contribution in [-0.2, 0) is 4.79 Å². The molecule has 0 unspecified atom stereocenters. The lowest BCUT2D eigenvalue weighted by atomic mass is 9.91. The van der Waals surface area contributed by atoms with E-state index in [1.54, 1.807) is 12.1 Å². The summed E-state index contributed by atoms with van der Waals surface area (Å²) in [5, 5.41) is 14.5. The van der Waals surface area contributed by atoms with Crippen molar-refractivity contribution in [3.05, 3.63) is 45.8 Å². The highest BCUT2D eigenvalue weighted by Gasteiger charge is 2.38. The second-order valence-electron chi connectivity index (χ2n) is 8.05. The van der Waals surface area contributed by atoms with Gasteiger partial charge in [0.1, 0.15) is 0 Å². The zero-order valence-electron chi connectivity index (χ0n) is 18.0. The van der Waals surface area contributed by atoms with E-state index < -0.39 is 12.1 Å². The second kappa shape index (κ2) is 11.5. The minimum absolute atomic E-state index is 0.260. The number of amides is 1. The molecule has 0 bridgehead atoms. The summed E-state index contributed by atoms with van der Waals surface area (Å²) in [4.78, 5) is 23.7. The summed E-state index contributed by atoms with van der Waals surface area (Å²) in [5.41, 5.74) is 1.60. The fraction of sp³-hybridized carbons (Fsp3) is 0.455. The third-order valence-electron chi connectivity index (χ3n) is 5.66. The van der Waals surface area contributed by atoms with Gasteiger partial charge in [-0.3, -0.25) is 4.79 Å². The number of halogens is 5. The van der Waals surface area contributed by atoms with Gasteiger partial charge in [0.15, 0.2) is 10.4 Å². The second-order valence-corrected chi connectivity index (χ2v) is 9.24. The molecule has 12 heteroatoms. The van der Waals surface area contributed by atoms with Crippen molar-refractivity contribution in [3.63, 3.8) is 0 Å². The summed E-state index contributed by atoms with van der Waals surface area (Å²) in [6.45, 7) is 1.84. The first-order valence-corrected chi connectivity index (χ1v) is 11.9. The van der Waals surface area contributed by atoms with Gasteiger partial charge in [-0.1, -0.05) is 24.1 Å². The summed E-state index contributed by atoms with van der Waals surface area (Å²) in [7, 11) is 0. The number of para-hydroxylation sites is 1. The van der Waals surface area contributed by atoms with Gasteiger partial charge in [-0.15, -0.1) is 0 Å². The normalized spacial score (nSPS) is 16.9. The van der Waals surface area contributed by atoms with Crippen molar-refractivity contribution in [1.29, 1.82) is 0 Å². The molecule has 2 aromatic rings. The van der Waals surface area contributed by atoms with E-state index in [9.17, 15) is 18.0 Å². The molecule has 2 fully saturated rings. The van der Waals surface area contributed by atoms with Gasteiger partial charge in [0.2, 0.25) is 0 Å². The molecule has 1 saturated heterocycles. The van der Waals surface area contributed by atoms with E-state index in [0.29, 0.717) is 27.5 Å². The first-order chi connectivity index (χ1) is 16.0. The lowest BCUT2D eigenvalue weighted by Gasteiger charge is -2.38. The molecule has 1 amide bonds. The number of aliphatic carboxylic acids is 1. The number of hydrogen-bond acceptors (Lipinski definition) is 5. The van der Waals surface area contributed by atoms with E-state index in [-0.39, 0.29) is 11.7 Å². The van der Waals surface area contributed by atoms with Crippen molar-refractivity contribution in [2.75, 3.05) is 23.3 Å². The zero-order chi connectivity index (χ0) is 24.9. The van der Waals surface area contributed by atoms with Crippen LogP contribution in [0.25, 0.3) is 0 Å². The minimum Gasteiger partial charge on any atom is -0.475 e. The number of alkyl halides is 3. The molecule has 1 aromatic carbocycles. The van der Waals surface area contributed by atoms with Gasteiger partial charge in [-0.05, 0) is 65.9 Å². The summed E-state index contributed by atoms with van der Waals surface area (Å²) in [5.74, 6) is -2.78. The van der Waals surface area contributed by atoms with E-state index in [2.05, 4.69) is 31.5 Å². The number of hydrogen-bond donors (Lipinski definition) is 3. The van der Waals surface area contributed by atoms with Gasteiger partial charge in [0.25, 0.3) is 5.91 Å². The maximum atomic E-state index is 12.5. The maximum absolute atomic E-state index is 12.5. The molecule has 1 aromatic heterocycles. The average molecular weight is 567 g/mol. The van der Waals surface area contributed by atoms with E-state index in [1.807, 2.05) is 18.2 Å². The Morgan fingerprint density at radius 2 is 1.71 bits per heavy atom. The van der Waals surface area contributed by atoms with E-state index >= 15 is 0 Å². The first kappa shape index (κ1) is 26.4. The Hall–Kier alpha value is -2.24. The largest absolute Gasteiger partial charge is 0.490 e. The van der Waals surface area contributed by atoms with Gasteiger partial charge < -0.3 is 25.1 Å². The Labute approximate surface area is 207 Å². The van der Waals surface area contributed by atoms with Crippen molar-refractivity contribution < 1.29 is 32.3 Å². The monoisotopic (exact) mass is 565 g/mol. The van der Waals surface area contributed by atoms with Crippen LogP contribution in [0.1, 0.15) is 42.7 Å². The van der Waals surface area contributed by atoms with Crippen molar-refractivity contribution >= 4 is 50.8 Å². The molecule has 1 aliphatic carbocycles. The molecule has 0 spiro atoms. The van der Waals surface area contributed by atoms with Gasteiger partial charge in [0.05, 0.1) is 16.4 Å². The van der Waals surface area contributed by atoms with Crippen LogP contribution < -0.4 is 15.5 Å². The van der Waals surface area contributed by atoms with Crippen LogP contribution in [0, 0.1) is 0 Å². The molecule has 0 atom stereocenters. The average Bonchev–Trinajstić information content (AvgIpc) is 3.18. The lowest BCUT2D eigenvalue weighted by molar-refractivity contribution is -0.192. The number of carbonyl (C=O) groups is 2. The number of anilines is 2. The number of nitrogens with one attached hydrogen (secondary N) is 2. The Morgan fingerprint density at radius 1 is 1.09 bits per heavy atom. The highest BCUT2D eigenvalue weighted by atomic mass is 79.9. The Kier molecular flexibility index (Phi) is 8.89. The summed E-state index contributed by atoms with van der Waals surface area (Å²) >= 11 is 9.73. The topological polar surface area (TPSA) is 94.8 Å². The highest BCUT2D eigenvalue weighted by molar-refractivity contribution is 9.10. The molecule has 3 N–H and O–H groups in total. The van der Waals surface area contributed by atoms with Crippen LogP contribution in [-0.4, -0.2) is 48.3 Å². The molecule has 1 saturated carbocycles. The van der Waals surface area contributed by atoms with Crippen LogP contribution in [0.3, 0.4) is 0 Å². The van der Waals surface area contributed by atoms with Gasteiger partial charge >= 0.3 is 12.1 Å². The molecule has 1 aliphatic heterocycles. The van der Waals surface area contributed by atoms with Crippen LogP contribution in [0.4, 0.5) is 24.5 Å². The van der Waals surface area contributed by atoms with Crippen LogP contribution in [0.5, 0.6) is 0 Å². The minimum atomic E-state index is -5.08. The third-order valence-corrected chi connectivity index (χ3v) is 6.39. The van der Waals surface area contributed by atoms with Crippen LogP contribution >= 0.6 is 27.5 Å². The molecule has 2 aliphatic rings. The Bertz CT molecular complexity index is 1010. The van der Waals surface area contributed by atoms with Gasteiger partial charge in [-0.2, -0.15) is 13.2 Å². The van der Waals surface area contributed by atoms with E-state index in [0.717, 1.165) is 31.6 Å². The quantitative estimate of drug-likeness (QED) is 0.430. The number of nitrogens with zero attached hydrogens (tertiary/aromatic N) is 1. The zero-order valence-corrected chi connectivity index (χ0v) is 20.3. The molecule has 34 heavy (non-hydrogen) atoms. The number of carbonyl (C=O) groups excluding carboxylic acids is 1. The van der Waals surface area contributed by atoms with Crippen LogP contribution in [0.15, 0.2) is 39.4 Å². The number of piperidine rings is 1. The smallest absolute Gasteiger partial charge is 0.475 e. The molecule has 0 radical (unpaired) electrons. The number of carboxylic acid groups (broad SMARTS) is 1. The number of carboxylic acids is 1. The van der Waals surface area contributed by atoms with E-state index in [1.165, 1.54) is 19.3 Å². The summed E-state index contributed by atoms with van der Waals surface area (Å²) in [6, 6.07) is 10.2. The molecule has 186 valence electrons. The van der Waals surface area contributed by atoms with Crippen molar-refractivity contribution in [3.8, 4) is 0 Å². The fourth-order valence-corrected chi connectivity index (χ4v) is 4.34. The molecule has 4 rings (SSSR count). The van der Waals surface area contributed by atoms with Crippen LogP contribution in [0.2, 0.25) is 5.02 Å². The van der Waals surface area contributed by atoms with E-state index in [4.69, 9.17) is 25.9 Å². The third kappa shape index (κ3) is 7.13. The molecular formula is C22H24BrClF3N3O4. The summed E-state index contributed by atoms with van der Waals surface area (Å²) in [6.07, 6.45) is 1.06.